The van der Waals surface area contributed by atoms with Crippen molar-refractivity contribution in [2.45, 2.75) is 50.3 Å². The number of alkyl halides is 1. The van der Waals surface area contributed by atoms with E-state index in [9.17, 15) is 9.59 Å². The number of aldehydes is 1. The molecule has 0 N–H and O–H groups in total. The third kappa shape index (κ3) is 4.03. The number of rotatable bonds is 7. The topological polar surface area (TPSA) is 34.1 Å². The zero-order valence-electron chi connectivity index (χ0n) is 8.31. The van der Waals surface area contributed by atoms with Crippen molar-refractivity contribution >= 4 is 28.0 Å². The summed E-state index contributed by atoms with van der Waals surface area (Å²) in [5, 5.41) is 0. The minimum absolute atomic E-state index is 0.0196. The van der Waals surface area contributed by atoms with Crippen molar-refractivity contribution in [2.24, 2.45) is 0 Å². The van der Waals surface area contributed by atoms with E-state index in [2.05, 4.69) is 15.9 Å². The predicted octanol–water partition coefficient (Wildman–Crippen LogP) is 2.88. The molecule has 0 fully saturated rings. The molecule has 0 aromatic heterocycles. The Balaban J connectivity index is 4.20. The molecule has 0 bridgehead atoms. The van der Waals surface area contributed by atoms with E-state index >= 15 is 0 Å². The van der Waals surface area contributed by atoms with Gasteiger partial charge in [0.1, 0.15) is 10.6 Å². The highest BCUT2D eigenvalue weighted by atomic mass is 79.9. The van der Waals surface area contributed by atoms with Crippen LogP contribution in [-0.4, -0.2) is 16.4 Å². The summed E-state index contributed by atoms with van der Waals surface area (Å²) in [6.07, 6.45) is 4.51. The standard InChI is InChI=1S/C10H17BrO2/c1-3-5-6-9(13)10(11,8-12)7-4-2/h8H,3-7H2,1-2H3. The van der Waals surface area contributed by atoms with Crippen molar-refractivity contribution in [2.75, 3.05) is 0 Å². The van der Waals surface area contributed by atoms with Gasteiger partial charge in [0.2, 0.25) is 0 Å². The molecule has 1 atom stereocenters. The number of unbranched alkanes of at least 4 members (excludes halogenated alkanes) is 1. The third-order valence-corrected chi connectivity index (χ3v) is 3.05. The number of halogens is 1. The second-order valence-electron chi connectivity index (χ2n) is 3.26. The van der Waals surface area contributed by atoms with E-state index in [0.717, 1.165) is 25.5 Å². The molecule has 0 aliphatic rings. The summed E-state index contributed by atoms with van der Waals surface area (Å²) >= 11 is 3.22. The third-order valence-electron chi connectivity index (χ3n) is 2.02. The Morgan fingerprint density at radius 3 is 2.38 bits per heavy atom. The first kappa shape index (κ1) is 12.8. The van der Waals surface area contributed by atoms with Gasteiger partial charge < -0.3 is 4.79 Å². The Morgan fingerprint density at radius 2 is 2.00 bits per heavy atom. The number of carbonyl (C=O) groups is 2. The normalized spacial score (nSPS) is 15.0. The predicted molar refractivity (Wildman–Crippen MR) is 57.2 cm³/mol. The van der Waals surface area contributed by atoms with E-state index in [4.69, 9.17) is 0 Å². The molecule has 0 radical (unpaired) electrons. The average molecular weight is 249 g/mol. The summed E-state index contributed by atoms with van der Waals surface area (Å²) in [5.74, 6) is 0.0196. The molecule has 0 saturated carbocycles. The highest BCUT2D eigenvalue weighted by Gasteiger charge is 2.32. The van der Waals surface area contributed by atoms with Crippen molar-refractivity contribution in [3.63, 3.8) is 0 Å². The quantitative estimate of drug-likeness (QED) is 0.395. The fraction of sp³-hybridized carbons (Fsp3) is 0.800. The lowest BCUT2D eigenvalue weighted by molar-refractivity contribution is -0.125. The van der Waals surface area contributed by atoms with E-state index in [1.54, 1.807) is 0 Å². The fourth-order valence-electron chi connectivity index (χ4n) is 1.17. The minimum Gasteiger partial charge on any atom is -0.301 e. The molecule has 0 aliphatic heterocycles. The second kappa shape index (κ2) is 6.30. The van der Waals surface area contributed by atoms with Crippen molar-refractivity contribution in [3.8, 4) is 0 Å². The summed E-state index contributed by atoms with van der Waals surface area (Å²) in [7, 11) is 0. The van der Waals surface area contributed by atoms with Crippen LogP contribution >= 0.6 is 15.9 Å². The Labute approximate surface area is 88.2 Å². The van der Waals surface area contributed by atoms with E-state index in [-0.39, 0.29) is 5.78 Å². The molecule has 1 unspecified atom stereocenters. The van der Waals surface area contributed by atoms with Crippen LogP contribution in [0.15, 0.2) is 0 Å². The smallest absolute Gasteiger partial charge is 0.156 e. The van der Waals surface area contributed by atoms with E-state index in [1.165, 1.54) is 0 Å². The largest absolute Gasteiger partial charge is 0.301 e. The summed E-state index contributed by atoms with van der Waals surface area (Å²) in [5.41, 5.74) is 0. The van der Waals surface area contributed by atoms with Crippen LogP contribution in [0, 0.1) is 0 Å². The summed E-state index contributed by atoms with van der Waals surface area (Å²) < 4.78 is -0.906. The molecule has 13 heavy (non-hydrogen) atoms. The molecule has 0 aliphatic carbocycles. The molecule has 3 heteroatoms. The van der Waals surface area contributed by atoms with Gasteiger partial charge in [-0.1, -0.05) is 42.6 Å². The van der Waals surface area contributed by atoms with Gasteiger partial charge in [-0.3, -0.25) is 4.79 Å². The molecule has 0 saturated heterocycles. The maximum Gasteiger partial charge on any atom is 0.156 e. The van der Waals surface area contributed by atoms with Gasteiger partial charge in [0, 0.05) is 6.42 Å². The summed E-state index contributed by atoms with van der Waals surface area (Å²) in [6, 6.07) is 0. The Bertz CT molecular complexity index is 180. The monoisotopic (exact) mass is 248 g/mol. The lowest BCUT2D eigenvalue weighted by Gasteiger charge is -2.18. The molecule has 2 nitrogen and oxygen atoms in total. The maximum absolute atomic E-state index is 11.6. The van der Waals surface area contributed by atoms with Crippen molar-refractivity contribution in [1.82, 2.24) is 0 Å². The van der Waals surface area contributed by atoms with Crippen LogP contribution in [0.4, 0.5) is 0 Å². The van der Waals surface area contributed by atoms with Gasteiger partial charge in [0.15, 0.2) is 5.78 Å². The lowest BCUT2D eigenvalue weighted by Crippen LogP contribution is -2.33. The van der Waals surface area contributed by atoms with Gasteiger partial charge in [-0.05, 0) is 12.8 Å². The van der Waals surface area contributed by atoms with E-state index in [1.807, 2.05) is 13.8 Å². The number of carbonyl (C=O) groups excluding carboxylic acids is 2. The number of Topliss-reactive ketones (excluding diaryl/α,β-unsaturated/α-hetero) is 1. The Morgan fingerprint density at radius 1 is 1.38 bits per heavy atom. The van der Waals surface area contributed by atoms with Crippen molar-refractivity contribution in [1.29, 1.82) is 0 Å². The van der Waals surface area contributed by atoms with Gasteiger partial charge in [-0.25, -0.2) is 0 Å². The number of hydrogen-bond acceptors (Lipinski definition) is 2. The van der Waals surface area contributed by atoms with Crippen molar-refractivity contribution in [3.05, 3.63) is 0 Å². The van der Waals surface area contributed by atoms with Crippen LogP contribution in [-0.2, 0) is 9.59 Å². The molecular weight excluding hydrogens is 232 g/mol. The first-order valence-corrected chi connectivity index (χ1v) is 5.58. The molecule has 0 spiro atoms. The van der Waals surface area contributed by atoms with Gasteiger partial charge in [-0.2, -0.15) is 0 Å². The first-order valence-electron chi connectivity index (χ1n) is 4.79. The van der Waals surface area contributed by atoms with Crippen LogP contribution in [0.1, 0.15) is 46.0 Å². The van der Waals surface area contributed by atoms with Gasteiger partial charge >= 0.3 is 0 Å². The zero-order valence-corrected chi connectivity index (χ0v) is 9.89. The molecule has 0 rings (SSSR count). The summed E-state index contributed by atoms with van der Waals surface area (Å²) in [6.45, 7) is 4.00. The zero-order chi connectivity index (χ0) is 10.3. The van der Waals surface area contributed by atoms with Crippen LogP contribution < -0.4 is 0 Å². The molecule has 0 heterocycles. The van der Waals surface area contributed by atoms with Crippen LogP contribution in [0.3, 0.4) is 0 Å². The van der Waals surface area contributed by atoms with Gasteiger partial charge in [0.25, 0.3) is 0 Å². The fourth-order valence-corrected chi connectivity index (χ4v) is 1.77. The van der Waals surface area contributed by atoms with E-state index in [0.29, 0.717) is 12.8 Å². The van der Waals surface area contributed by atoms with Crippen LogP contribution in [0.25, 0.3) is 0 Å². The molecule has 0 amide bonds. The number of hydrogen-bond donors (Lipinski definition) is 0. The molecule has 0 aromatic rings. The first-order chi connectivity index (χ1) is 6.10. The highest BCUT2D eigenvalue weighted by Crippen LogP contribution is 2.25. The molecular formula is C10H17BrO2. The molecule has 0 aromatic carbocycles. The van der Waals surface area contributed by atoms with Gasteiger partial charge in [-0.15, -0.1) is 0 Å². The van der Waals surface area contributed by atoms with Crippen molar-refractivity contribution < 1.29 is 9.59 Å². The Kier molecular flexibility index (Phi) is 6.21. The Hall–Kier alpha value is -0.180. The van der Waals surface area contributed by atoms with Crippen LogP contribution in [0.2, 0.25) is 0 Å². The summed E-state index contributed by atoms with van der Waals surface area (Å²) in [4.78, 5) is 22.3. The molecule has 76 valence electrons. The SMILES string of the molecule is CCCCC(=O)C(Br)(C=O)CCC. The van der Waals surface area contributed by atoms with E-state index < -0.39 is 4.32 Å². The second-order valence-corrected chi connectivity index (χ2v) is 4.67. The number of ketones is 1. The average Bonchev–Trinajstić information content (AvgIpc) is 2.14. The lowest BCUT2D eigenvalue weighted by atomic mass is 9.96. The highest BCUT2D eigenvalue weighted by molar-refractivity contribution is 9.10. The van der Waals surface area contributed by atoms with Crippen LogP contribution in [0.5, 0.6) is 0 Å². The maximum atomic E-state index is 11.6. The van der Waals surface area contributed by atoms with Gasteiger partial charge in [0.05, 0.1) is 0 Å². The minimum atomic E-state index is -0.906.